The number of hydrogen-bond donors (Lipinski definition) is 0. The van der Waals surface area contributed by atoms with Gasteiger partial charge in [0.2, 0.25) is 0 Å². The molecule has 0 radical (unpaired) electrons. The third-order valence-electron chi connectivity index (χ3n) is 1.28. The molecule has 2 heterocycles. The highest BCUT2D eigenvalue weighted by Gasteiger charge is 1.76. The van der Waals surface area contributed by atoms with Crippen LogP contribution in [-0.4, -0.2) is 9.97 Å². The van der Waals surface area contributed by atoms with Crippen molar-refractivity contribution >= 4 is 31.9 Å². The van der Waals surface area contributed by atoms with Crippen LogP contribution in [-0.2, 0) is 0 Å². The largest absolute Gasteiger partial charge is 0.265 e. The molecule has 4 heteroatoms. The average Bonchev–Trinajstić information content (AvgIpc) is 2.21. The van der Waals surface area contributed by atoms with Crippen molar-refractivity contribution in [2.45, 2.75) is 0 Å². The summed E-state index contributed by atoms with van der Waals surface area (Å²) >= 11 is 6.54. The monoisotopic (exact) mass is 314 g/mol. The van der Waals surface area contributed by atoms with Crippen LogP contribution in [0.5, 0.6) is 0 Å². The topological polar surface area (TPSA) is 25.8 Å². The van der Waals surface area contributed by atoms with Gasteiger partial charge in [0.25, 0.3) is 0 Å². The van der Waals surface area contributed by atoms with Gasteiger partial charge in [-0.25, -0.2) is 0 Å². The highest BCUT2D eigenvalue weighted by Crippen LogP contribution is 2.04. The van der Waals surface area contributed by atoms with Crippen molar-refractivity contribution in [2.24, 2.45) is 0 Å². The van der Waals surface area contributed by atoms with Gasteiger partial charge in [0.1, 0.15) is 0 Å². The van der Waals surface area contributed by atoms with Gasteiger partial charge in [-0.3, -0.25) is 9.97 Å². The Kier molecular flexibility index (Phi) is 5.40. The molecule has 0 N–H and O–H groups in total. The second-order valence-corrected chi connectivity index (χ2v) is 4.16. The maximum absolute atomic E-state index is 3.82. The van der Waals surface area contributed by atoms with Gasteiger partial charge in [-0.2, -0.15) is 0 Å². The molecule has 0 saturated carbocycles. The van der Waals surface area contributed by atoms with Crippen molar-refractivity contribution < 1.29 is 0 Å². The van der Waals surface area contributed by atoms with Crippen molar-refractivity contribution in [3.63, 3.8) is 0 Å². The Morgan fingerprint density at radius 1 is 0.643 bits per heavy atom. The van der Waals surface area contributed by atoms with E-state index in [4.69, 9.17) is 0 Å². The van der Waals surface area contributed by atoms with E-state index >= 15 is 0 Å². The summed E-state index contributed by atoms with van der Waals surface area (Å²) in [5.41, 5.74) is 0. The Balaban J connectivity index is 0.000000140. The van der Waals surface area contributed by atoms with Crippen LogP contribution in [0, 0.1) is 0 Å². The fourth-order valence-electron chi connectivity index (χ4n) is 0.667. The molecular weight excluding hydrogens is 308 g/mol. The number of halogens is 2. The van der Waals surface area contributed by atoms with Crippen LogP contribution in [0.25, 0.3) is 0 Å². The molecule has 0 spiro atoms. The smallest absolute Gasteiger partial charge is 0.0279 e. The zero-order valence-electron chi connectivity index (χ0n) is 7.27. The maximum Gasteiger partial charge on any atom is 0.0279 e. The molecule has 0 aliphatic heterocycles. The molecule has 0 amide bonds. The summed E-state index contributed by atoms with van der Waals surface area (Å²) in [7, 11) is 0. The van der Waals surface area contributed by atoms with Crippen molar-refractivity contribution in [3.8, 4) is 0 Å². The van der Waals surface area contributed by atoms with Gasteiger partial charge in [0.15, 0.2) is 0 Å². The van der Waals surface area contributed by atoms with E-state index in [0.29, 0.717) is 0 Å². The van der Waals surface area contributed by atoms with Crippen LogP contribution < -0.4 is 0 Å². The van der Waals surface area contributed by atoms with Crippen molar-refractivity contribution in [1.82, 2.24) is 9.97 Å². The highest BCUT2D eigenvalue weighted by atomic mass is 79.9. The minimum atomic E-state index is 1.07. The lowest BCUT2D eigenvalue weighted by Gasteiger charge is -1.80. The predicted octanol–water partition coefficient (Wildman–Crippen LogP) is 3.69. The van der Waals surface area contributed by atoms with Gasteiger partial charge in [-0.1, -0.05) is 31.9 Å². The third-order valence-corrected chi connectivity index (χ3v) is 2.34. The molecule has 2 aromatic heterocycles. The fraction of sp³-hybridized carbons (Fsp3) is 0. The zero-order valence-corrected chi connectivity index (χ0v) is 10.4. The molecule has 0 aromatic carbocycles. The van der Waals surface area contributed by atoms with Gasteiger partial charge in [0.05, 0.1) is 0 Å². The van der Waals surface area contributed by atoms with Gasteiger partial charge in [-0.15, -0.1) is 0 Å². The summed E-state index contributed by atoms with van der Waals surface area (Å²) in [6.45, 7) is 0. The van der Waals surface area contributed by atoms with E-state index in [1.807, 2.05) is 24.3 Å². The lowest BCUT2D eigenvalue weighted by molar-refractivity contribution is 1.32. The SMILES string of the molecule is Brc1ccncc1.Brc1ccncc1. The van der Waals surface area contributed by atoms with Crippen LogP contribution in [0.2, 0.25) is 0 Å². The number of hydrogen-bond acceptors (Lipinski definition) is 2. The van der Waals surface area contributed by atoms with E-state index in [0.717, 1.165) is 8.95 Å². The summed E-state index contributed by atoms with van der Waals surface area (Å²) in [4.78, 5) is 7.63. The molecule has 0 bridgehead atoms. The van der Waals surface area contributed by atoms with E-state index < -0.39 is 0 Å². The Morgan fingerprint density at radius 3 is 1.07 bits per heavy atom. The molecule has 0 unspecified atom stereocenters. The molecular formula is C10H8Br2N2. The summed E-state index contributed by atoms with van der Waals surface area (Å²) in [6, 6.07) is 7.56. The van der Waals surface area contributed by atoms with Crippen LogP contribution in [0.3, 0.4) is 0 Å². The van der Waals surface area contributed by atoms with Crippen molar-refractivity contribution in [3.05, 3.63) is 58.0 Å². The third kappa shape index (κ3) is 5.09. The minimum absolute atomic E-state index is 1.07. The van der Waals surface area contributed by atoms with E-state index in [9.17, 15) is 0 Å². The number of pyridine rings is 2. The molecule has 0 fully saturated rings. The molecule has 0 aliphatic carbocycles. The fourth-order valence-corrected chi connectivity index (χ4v) is 1.14. The molecule has 0 aliphatic rings. The van der Waals surface area contributed by atoms with E-state index in [1.54, 1.807) is 24.8 Å². The van der Waals surface area contributed by atoms with Crippen molar-refractivity contribution in [1.29, 1.82) is 0 Å². The number of nitrogens with zero attached hydrogens (tertiary/aromatic N) is 2. The summed E-state index contributed by atoms with van der Waals surface area (Å²) in [6.07, 6.45) is 6.96. The maximum atomic E-state index is 3.82. The van der Waals surface area contributed by atoms with Crippen LogP contribution in [0.15, 0.2) is 58.0 Å². The lowest BCUT2D eigenvalue weighted by atomic mass is 10.5. The quantitative estimate of drug-likeness (QED) is 0.741. The average molecular weight is 316 g/mol. The van der Waals surface area contributed by atoms with Gasteiger partial charge in [-0.05, 0) is 24.3 Å². The molecule has 0 atom stereocenters. The van der Waals surface area contributed by atoms with Crippen LogP contribution in [0.1, 0.15) is 0 Å². The molecule has 2 nitrogen and oxygen atoms in total. The van der Waals surface area contributed by atoms with Crippen molar-refractivity contribution in [2.75, 3.05) is 0 Å². The van der Waals surface area contributed by atoms with Gasteiger partial charge in [0, 0.05) is 33.7 Å². The Hall–Kier alpha value is -0.740. The first-order valence-corrected chi connectivity index (χ1v) is 5.48. The normalized spacial score (nSPS) is 8.71. The summed E-state index contributed by atoms with van der Waals surface area (Å²) in [5.74, 6) is 0. The zero-order chi connectivity index (χ0) is 10.2. The molecule has 0 saturated heterocycles. The first kappa shape index (κ1) is 11.3. The molecule has 14 heavy (non-hydrogen) atoms. The lowest BCUT2D eigenvalue weighted by Crippen LogP contribution is -1.63. The second-order valence-electron chi connectivity index (χ2n) is 2.33. The Morgan fingerprint density at radius 2 is 0.929 bits per heavy atom. The first-order chi connectivity index (χ1) is 6.79. The number of rotatable bonds is 0. The standard InChI is InChI=1S/2C5H4BrN/c2*6-5-1-3-7-4-2-5/h2*1-4H. The molecule has 72 valence electrons. The summed E-state index contributed by atoms with van der Waals surface area (Å²) in [5, 5.41) is 0. The van der Waals surface area contributed by atoms with Gasteiger partial charge >= 0.3 is 0 Å². The summed E-state index contributed by atoms with van der Waals surface area (Å²) < 4.78 is 2.14. The predicted molar refractivity (Wildman–Crippen MR) is 63.9 cm³/mol. The number of aromatic nitrogens is 2. The van der Waals surface area contributed by atoms with E-state index in [1.165, 1.54) is 0 Å². The Bertz CT molecular complexity index is 314. The Labute approximate surface area is 99.7 Å². The van der Waals surface area contributed by atoms with Gasteiger partial charge < -0.3 is 0 Å². The van der Waals surface area contributed by atoms with E-state index in [2.05, 4.69) is 41.8 Å². The molecule has 2 rings (SSSR count). The first-order valence-electron chi connectivity index (χ1n) is 3.90. The van der Waals surface area contributed by atoms with Crippen LogP contribution in [0.4, 0.5) is 0 Å². The van der Waals surface area contributed by atoms with Crippen LogP contribution >= 0.6 is 31.9 Å². The van der Waals surface area contributed by atoms with E-state index in [-0.39, 0.29) is 0 Å². The highest BCUT2D eigenvalue weighted by molar-refractivity contribution is 9.10. The molecule has 2 aromatic rings. The minimum Gasteiger partial charge on any atom is -0.265 e. The second kappa shape index (κ2) is 6.68.